The summed E-state index contributed by atoms with van der Waals surface area (Å²) in [5.41, 5.74) is 0.802. The number of halogens is 3. The van der Waals surface area contributed by atoms with E-state index in [2.05, 4.69) is 21.4 Å². The third kappa shape index (κ3) is 3.98. The van der Waals surface area contributed by atoms with Crippen LogP contribution in [0.5, 0.6) is 0 Å². The van der Waals surface area contributed by atoms with Gasteiger partial charge in [0.2, 0.25) is 0 Å². The monoisotopic (exact) mass is 393 g/mol. The number of hydrogen-bond donors (Lipinski definition) is 0. The van der Waals surface area contributed by atoms with Crippen LogP contribution in [0.25, 0.3) is 6.08 Å². The standard InChI is InChI=1S/C15H18NS.CHF3O3S/c1-2-4-15-14-7-13-10-17-9-12(13)6-11(14)8-16(15)5-3-1;2-1(3,4)8(5,6)7/h7,9-11H,1-6,8H2;(H,5,6,7)/q+1;/p-1. The summed E-state index contributed by atoms with van der Waals surface area (Å²) in [6.45, 7) is 2.59. The van der Waals surface area contributed by atoms with E-state index in [0.29, 0.717) is 0 Å². The van der Waals surface area contributed by atoms with E-state index in [1.54, 1.807) is 16.8 Å². The minimum absolute atomic E-state index is 0.796. The van der Waals surface area contributed by atoms with Gasteiger partial charge in [-0.25, -0.2) is 13.0 Å². The van der Waals surface area contributed by atoms with Gasteiger partial charge < -0.3 is 4.55 Å². The zero-order valence-electron chi connectivity index (χ0n) is 13.4. The highest BCUT2D eigenvalue weighted by Crippen LogP contribution is 2.36. The lowest BCUT2D eigenvalue weighted by molar-refractivity contribution is -0.525. The Morgan fingerprint density at radius 3 is 2.60 bits per heavy atom. The minimum atomic E-state index is -6.09. The molecule has 0 aromatic carbocycles. The van der Waals surface area contributed by atoms with Crippen LogP contribution in [0.4, 0.5) is 13.2 Å². The fourth-order valence-electron chi connectivity index (χ4n) is 3.63. The lowest BCUT2D eigenvalue weighted by atomic mass is 9.84. The molecule has 0 saturated heterocycles. The molecular formula is C16H18F3NO3S2. The molecule has 0 spiro atoms. The maximum absolute atomic E-state index is 10.7. The minimum Gasteiger partial charge on any atom is -0.741 e. The molecule has 0 fully saturated rings. The van der Waals surface area contributed by atoms with Gasteiger partial charge in [0.05, 0.1) is 5.92 Å². The van der Waals surface area contributed by atoms with E-state index in [1.807, 2.05) is 11.3 Å². The van der Waals surface area contributed by atoms with Crippen LogP contribution in [0.15, 0.2) is 16.3 Å². The highest BCUT2D eigenvalue weighted by molar-refractivity contribution is 7.86. The predicted molar refractivity (Wildman–Crippen MR) is 88.7 cm³/mol. The van der Waals surface area contributed by atoms with Crippen molar-refractivity contribution in [3.8, 4) is 0 Å². The molecule has 0 amide bonds. The summed E-state index contributed by atoms with van der Waals surface area (Å²) in [5.74, 6) is 0.796. The molecule has 1 aromatic rings. The Morgan fingerprint density at radius 2 is 1.92 bits per heavy atom. The summed E-state index contributed by atoms with van der Waals surface area (Å²) in [6.07, 6.45) is 9.30. The molecule has 1 aliphatic carbocycles. The quantitative estimate of drug-likeness (QED) is 0.386. The molecule has 1 unspecified atom stereocenters. The molecule has 4 rings (SSSR count). The highest BCUT2D eigenvalue weighted by Gasteiger charge is 2.39. The van der Waals surface area contributed by atoms with E-state index in [1.165, 1.54) is 50.8 Å². The zero-order chi connectivity index (χ0) is 18.2. The lowest BCUT2D eigenvalue weighted by Crippen LogP contribution is -2.21. The first-order valence-corrected chi connectivity index (χ1v) is 10.4. The van der Waals surface area contributed by atoms with Gasteiger partial charge in [-0.2, -0.15) is 24.5 Å². The molecule has 4 nitrogen and oxygen atoms in total. The first kappa shape index (κ1) is 18.6. The van der Waals surface area contributed by atoms with Gasteiger partial charge in [-0.05, 0) is 47.2 Å². The first-order valence-electron chi connectivity index (χ1n) is 8.07. The van der Waals surface area contributed by atoms with Gasteiger partial charge in [0.15, 0.2) is 22.4 Å². The second kappa shape index (κ2) is 6.85. The Labute approximate surface area is 148 Å². The maximum atomic E-state index is 10.7. The largest absolute Gasteiger partial charge is 0.741 e. The Bertz CT molecular complexity index is 822. The molecule has 1 aromatic heterocycles. The summed E-state index contributed by atoms with van der Waals surface area (Å²) in [5, 5.41) is 4.66. The van der Waals surface area contributed by atoms with Crippen molar-refractivity contribution in [2.24, 2.45) is 5.92 Å². The van der Waals surface area contributed by atoms with Crippen molar-refractivity contribution in [3.05, 3.63) is 27.5 Å². The second-order valence-corrected chi connectivity index (χ2v) is 8.57. The molecule has 138 valence electrons. The molecule has 0 N–H and O–H groups in total. The molecule has 0 radical (unpaired) electrons. The van der Waals surface area contributed by atoms with Crippen LogP contribution in [0.1, 0.15) is 36.8 Å². The number of hydrogen-bond acceptors (Lipinski definition) is 4. The van der Waals surface area contributed by atoms with Crippen molar-refractivity contribution in [3.63, 3.8) is 0 Å². The van der Waals surface area contributed by atoms with Crippen LogP contribution in [-0.2, 0) is 16.5 Å². The lowest BCUT2D eigenvalue weighted by Gasteiger charge is -2.15. The highest BCUT2D eigenvalue weighted by atomic mass is 32.2. The van der Waals surface area contributed by atoms with E-state index in [0.717, 1.165) is 5.92 Å². The zero-order valence-corrected chi connectivity index (χ0v) is 15.0. The van der Waals surface area contributed by atoms with Crippen LogP contribution in [-0.4, -0.2) is 41.9 Å². The predicted octanol–water partition coefficient (Wildman–Crippen LogP) is 3.40. The van der Waals surface area contributed by atoms with E-state index in [-0.39, 0.29) is 0 Å². The topological polar surface area (TPSA) is 60.2 Å². The van der Waals surface area contributed by atoms with Gasteiger partial charge in [-0.3, -0.25) is 0 Å². The molecule has 3 heterocycles. The maximum Gasteiger partial charge on any atom is 0.485 e. The summed E-state index contributed by atoms with van der Waals surface area (Å²) >= 11 is 1.86. The number of rotatable bonds is 0. The Kier molecular flexibility index (Phi) is 5.09. The van der Waals surface area contributed by atoms with E-state index >= 15 is 0 Å². The first-order chi connectivity index (χ1) is 11.7. The fourth-order valence-corrected chi connectivity index (χ4v) is 4.46. The average molecular weight is 393 g/mol. The molecule has 9 heteroatoms. The number of thiophene rings is 1. The molecule has 2 aliphatic heterocycles. The van der Waals surface area contributed by atoms with Gasteiger partial charge in [0.25, 0.3) is 0 Å². The van der Waals surface area contributed by atoms with Crippen molar-refractivity contribution >= 4 is 33.2 Å². The van der Waals surface area contributed by atoms with Gasteiger partial charge >= 0.3 is 5.51 Å². The fraction of sp³-hybridized carbons (Fsp3) is 0.562. The van der Waals surface area contributed by atoms with Gasteiger partial charge in [0, 0.05) is 18.4 Å². The molecule has 0 bridgehead atoms. The van der Waals surface area contributed by atoms with Crippen LogP contribution < -0.4 is 0 Å². The van der Waals surface area contributed by atoms with Crippen LogP contribution in [0.2, 0.25) is 0 Å². The van der Waals surface area contributed by atoms with Crippen molar-refractivity contribution in [1.29, 1.82) is 0 Å². The summed E-state index contributed by atoms with van der Waals surface area (Å²) in [6, 6.07) is 0. The van der Waals surface area contributed by atoms with Crippen molar-refractivity contribution in [1.82, 2.24) is 0 Å². The third-order valence-corrected chi connectivity index (χ3v) is 6.15. The summed E-state index contributed by atoms with van der Waals surface area (Å²) in [7, 11) is -6.09. The normalized spacial score (nSPS) is 22.9. The Hall–Kier alpha value is -1.19. The van der Waals surface area contributed by atoms with Gasteiger partial charge in [0.1, 0.15) is 6.54 Å². The molecule has 1 atom stereocenters. The summed E-state index contributed by atoms with van der Waals surface area (Å²) in [4.78, 5) is 0. The molecular weight excluding hydrogens is 375 g/mol. The number of nitrogens with zero attached hydrogens (tertiary/aromatic N) is 1. The van der Waals surface area contributed by atoms with Crippen LogP contribution in [0, 0.1) is 5.92 Å². The van der Waals surface area contributed by atoms with Crippen molar-refractivity contribution < 1.29 is 30.7 Å². The van der Waals surface area contributed by atoms with Gasteiger partial charge in [-0.15, -0.1) is 0 Å². The number of fused-ring (bicyclic) bond motifs is 3. The number of alkyl halides is 3. The average Bonchev–Trinajstić information content (AvgIpc) is 3.00. The summed E-state index contributed by atoms with van der Waals surface area (Å²) < 4.78 is 61.6. The van der Waals surface area contributed by atoms with E-state index < -0.39 is 15.6 Å². The van der Waals surface area contributed by atoms with Crippen LogP contribution in [0.3, 0.4) is 0 Å². The Balaban J connectivity index is 0.000000197. The second-order valence-electron chi connectivity index (χ2n) is 6.46. The van der Waals surface area contributed by atoms with Crippen molar-refractivity contribution in [2.45, 2.75) is 37.6 Å². The van der Waals surface area contributed by atoms with E-state index in [4.69, 9.17) is 13.0 Å². The third-order valence-electron chi connectivity index (χ3n) is 4.77. The Morgan fingerprint density at radius 1 is 1.20 bits per heavy atom. The van der Waals surface area contributed by atoms with E-state index in [9.17, 15) is 13.2 Å². The molecule has 0 saturated carbocycles. The van der Waals surface area contributed by atoms with Gasteiger partial charge in [-0.1, -0.05) is 0 Å². The SMILES string of the molecule is C1=C2C3=[N+](CCCCC3)CC2Cc2cscc21.O=S(=O)([O-])C(F)(F)F. The van der Waals surface area contributed by atoms with Crippen LogP contribution >= 0.6 is 11.3 Å². The molecule has 25 heavy (non-hydrogen) atoms. The molecule has 3 aliphatic rings. The van der Waals surface area contributed by atoms with Crippen molar-refractivity contribution in [2.75, 3.05) is 13.1 Å². The smallest absolute Gasteiger partial charge is 0.485 e.